The van der Waals surface area contributed by atoms with Crippen LogP contribution in [0, 0.1) is 0 Å². The fraction of sp³-hybridized carbons (Fsp3) is 0.538. The number of hydrogen-bond donors (Lipinski definition) is 2. The van der Waals surface area contributed by atoms with Gasteiger partial charge in [-0.05, 0) is 43.2 Å². The fourth-order valence-corrected chi connectivity index (χ4v) is 2.72. The third-order valence-electron chi connectivity index (χ3n) is 3.90. The Hall–Kier alpha value is -1.22. The van der Waals surface area contributed by atoms with Gasteiger partial charge < -0.3 is 14.9 Å². The van der Waals surface area contributed by atoms with Crippen LogP contribution < -0.4 is 0 Å². The van der Waals surface area contributed by atoms with Crippen molar-refractivity contribution in [2.45, 2.75) is 37.2 Å². The van der Waals surface area contributed by atoms with Gasteiger partial charge in [-0.2, -0.15) is 0 Å². The molecular formula is C13H16O3. The van der Waals surface area contributed by atoms with Crippen LogP contribution >= 0.6 is 0 Å². The third-order valence-corrected chi connectivity index (χ3v) is 3.90. The number of epoxide rings is 1. The Morgan fingerprint density at radius 1 is 1.19 bits per heavy atom. The predicted octanol–water partition coefficient (Wildman–Crippen LogP) is 2.52. The zero-order chi connectivity index (χ0) is 11.2. The second kappa shape index (κ2) is 3.39. The van der Waals surface area contributed by atoms with E-state index in [2.05, 4.69) is 0 Å². The summed E-state index contributed by atoms with van der Waals surface area (Å²) in [5, 5.41) is 19.0. The summed E-state index contributed by atoms with van der Waals surface area (Å²) in [6.07, 6.45) is 4.33. The van der Waals surface area contributed by atoms with Crippen LogP contribution in [0.5, 0.6) is 11.5 Å². The van der Waals surface area contributed by atoms with Crippen molar-refractivity contribution >= 4 is 0 Å². The van der Waals surface area contributed by atoms with E-state index in [1.54, 1.807) is 6.07 Å². The van der Waals surface area contributed by atoms with Crippen LogP contribution in [0.25, 0.3) is 0 Å². The molecule has 0 amide bonds. The summed E-state index contributed by atoms with van der Waals surface area (Å²) in [6, 6.07) is 4.90. The molecule has 0 aromatic heterocycles. The molecule has 2 aliphatic rings. The summed E-state index contributed by atoms with van der Waals surface area (Å²) in [4.78, 5) is 0. The van der Waals surface area contributed by atoms with E-state index in [9.17, 15) is 10.2 Å². The van der Waals surface area contributed by atoms with Crippen molar-refractivity contribution in [2.24, 2.45) is 0 Å². The molecule has 3 heteroatoms. The van der Waals surface area contributed by atoms with Crippen LogP contribution in [-0.4, -0.2) is 22.4 Å². The van der Waals surface area contributed by atoms with Gasteiger partial charge in [0.1, 0.15) is 11.5 Å². The molecule has 1 aromatic carbocycles. The normalized spacial score (nSPS) is 32.9. The lowest BCUT2D eigenvalue weighted by Crippen LogP contribution is -2.20. The molecule has 0 bridgehead atoms. The zero-order valence-electron chi connectivity index (χ0n) is 9.15. The molecule has 86 valence electrons. The van der Waals surface area contributed by atoms with Crippen LogP contribution in [0.3, 0.4) is 0 Å². The molecule has 3 nitrogen and oxygen atoms in total. The molecule has 1 aromatic rings. The van der Waals surface area contributed by atoms with E-state index in [0.717, 1.165) is 37.9 Å². The molecule has 2 fully saturated rings. The van der Waals surface area contributed by atoms with Crippen LogP contribution in [0.2, 0.25) is 0 Å². The van der Waals surface area contributed by atoms with Gasteiger partial charge in [-0.15, -0.1) is 0 Å². The zero-order valence-corrected chi connectivity index (χ0v) is 9.15. The maximum atomic E-state index is 9.80. The van der Waals surface area contributed by atoms with Gasteiger partial charge in [-0.3, -0.25) is 0 Å². The molecule has 1 spiro atoms. The molecule has 3 rings (SSSR count). The Kier molecular flexibility index (Phi) is 2.11. The average molecular weight is 220 g/mol. The van der Waals surface area contributed by atoms with E-state index in [1.807, 2.05) is 6.07 Å². The lowest BCUT2D eigenvalue weighted by Gasteiger charge is -2.27. The second-order valence-electron chi connectivity index (χ2n) is 4.99. The molecule has 0 atom stereocenters. The first-order chi connectivity index (χ1) is 7.69. The molecule has 0 unspecified atom stereocenters. The second-order valence-corrected chi connectivity index (χ2v) is 4.99. The lowest BCUT2D eigenvalue weighted by molar-refractivity contribution is 0.222. The summed E-state index contributed by atoms with van der Waals surface area (Å²) in [6.45, 7) is 0.918. The highest BCUT2D eigenvalue weighted by atomic mass is 16.6. The Bertz CT molecular complexity index is 400. The monoisotopic (exact) mass is 220 g/mol. The quantitative estimate of drug-likeness (QED) is 0.715. The summed E-state index contributed by atoms with van der Waals surface area (Å²) < 4.78 is 5.47. The minimum absolute atomic E-state index is 0.124. The van der Waals surface area contributed by atoms with Crippen molar-refractivity contribution in [1.29, 1.82) is 0 Å². The van der Waals surface area contributed by atoms with Crippen molar-refractivity contribution < 1.29 is 14.9 Å². The highest BCUT2D eigenvalue weighted by Crippen LogP contribution is 2.48. The Morgan fingerprint density at radius 2 is 1.88 bits per heavy atom. The standard InChI is InChI=1S/C13H16O3/c14-10-1-2-11(12(15)7-10)9-3-5-13(6-4-9)8-16-13/h1-2,7,9,14-15H,3-6,8H2. The summed E-state index contributed by atoms with van der Waals surface area (Å²) >= 11 is 0. The molecule has 1 saturated carbocycles. The van der Waals surface area contributed by atoms with Crippen LogP contribution in [0.1, 0.15) is 37.2 Å². The first kappa shape index (κ1) is 9.97. The van der Waals surface area contributed by atoms with Crippen LogP contribution in [0.15, 0.2) is 18.2 Å². The predicted molar refractivity (Wildman–Crippen MR) is 59.7 cm³/mol. The maximum Gasteiger partial charge on any atom is 0.122 e. The van der Waals surface area contributed by atoms with Gasteiger partial charge in [0.15, 0.2) is 0 Å². The maximum absolute atomic E-state index is 9.80. The van der Waals surface area contributed by atoms with Gasteiger partial charge in [0.25, 0.3) is 0 Å². The van der Waals surface area contributed by atoms with Crippen molar-refractivity contribution in [2.75, 3.05) is 6.61 Å². The molecule has 16 heavy (non-hydrogen) atoms. The van der Waals surface area contributed by atoms with E-state index >= 15 is 0 Å². The van der Waals surface area contributed by atoms with Gasteiger partial charge in [-0.1, -0.05) is 6.07 Å². The van der Waals surface area contributed by atoms with E-state index in [0.29, 0.717) is 5.92 Å². The number of phenolic OH excluding ortho intramolecular Hbond substituents is 2. The molecule has 0 radical (unpaired) electrons. The summed E-state index contributed by atoms with van der Waals surface area (Å²) in [7, 11) is 0. The first-order valence-electron chi connectivity index (χ1n) is 5.84. The SMILES string of the molecule is Oc1ccc(C2CCC3(CC2)CO3)c(O)c1. The number of benzene rings is 1. The van der Waals surface area contributed by atoms with Crippen molar-refractivity contribution in [3.8, 4) is 11.5 Å². The lowest BCUT2D eigenvalue weighted by atomic mass is 9.78. The first-order valence-corrected chi connectivity index (χ1v) is 5.84. The van der Waals surface area contributed by atoms with Gasteiger partial charge >= 0.3 is 0 Å². The molecule has 1 aliphatic carbocycles. The number of ether oxygens (including phenoxy) is 1. The highest BCUT2D eigenvalue weighted by molar-refractivity contribution is 5.41. The molecule has 1 aliphatic heterocycles. The van der Waals surface area contributed by atoms with Gasteiger partial charge in [0, 0.05) is 6.07 Å². The molecular weight excluding hydrogens is 204 g/mol. The molecule has 1 saturated heterocycles. The summed E-state index contributed by atoms with van der Waals surface area (Å²) in [5.41, 5.74) is 1.16. The van der Waals surface area contributed by atoms with E-state index in [-0.39, 0.29) is 17.1 Å². The molecule has 2 N–H and O–H groups in total. The van der Waals surface area contributed by atoms with Gasteiger partial charge in [-0.25, -0.2) is 0 Å². The summed E-state index contributed by atoms with van der Waals surface area (Å²) in [5.74, 6) is 0.757. The Balaban J connectivity index is 1.77. The smallest absolute Gasteiger partial charge is 0.122 e. The third kappa shape index (κ3) is 1.65. The van der Waals surface area contributed by atoms with E-state index in [1.165, 1.54) is 6.07 Å². The van der Waals surface area contributed by atoms with Crippen molar-refractivity contribution in [3.63, 3.8) is 0 Å². The number of rotatable bonds is 1. The molecule has 1 heterocycles. The highest BCUT2D eigenvalue weighted by Gasteiger charge is 2.47. The van der Waals surface area contributed by atoms with Crippen LogP contribution in [-0.2, 0) is 4.74 Å². The van der Waals surface area contributed by atoms with Crippen molar-refractivity contribution in [3.05, 3.63) is 23.8 Å². The largest absolute Gasteiger partial charge is 0.508 e. The Morgan fingerprint density at radius 3 is 2.44 bits per heavy atom. The Labute approximate surface area is 94.7 Å². The van der Waals surface area contributed by atoms with Gasteiger partial charge in [0.05, 0.1) is 12.2 Å². The van der Waals surface area contributed by atoms with E-state index in [4.69, 9.17) is 4.74 Å². The number of aromatic hydroxyl groups is 2. The van der Waals surface area contributed by atoms with Crippen LogP contribution in [0.4, 0.5) is 0 Å². The minimum atomic E-state index is 0.124. The van der Waals surface area contributed by atoms with Gasteiger partial charge in [0.2, 0.25) is 0 Å². The van der Waals surface area contributed by atoms with E-state index < -0.39 is 0 Å². The minimum Gasteiger partial charge on any atom is -0.508 e. The average Bonchev–Trinajstić information content (AvgIpc) is 3.00. The fourth-order valence-electron chi connectivity index (χ4n) is 2.72. The number of phenols is 2. The van der Waals surface area contributed by atoms with Crippen molar-refractivity contribution in [1.82, 2.24) is 0 Å². The number of hydrogen-bond acceptors (Lipinski definition) is 3. The topological polar surface area (TPSA) is 53.0 Å².